The topological polar surface area (TPSA) is 72.6 Å². The van der Waals surface area contributed by atoms with Crippen LogP contribution < -0.4 is 5.73 Å². The molecule has 0 unspecified atom stereocenters. The van der Waals surface area contributed by atoms with Crippen LogP contribution in [0.25, 0.3) is 0 Å². The summed E-state index contributed by atoms with van der Waals surface area (Å²) in [7, 11) is 0. The van der Waals surface area contributed by atoms with Crippen molar-refractivity contribution >= 4 is 29.0 Å². The van der Waals surface area contributed by atoms with Crippen LogP contribution in [0.3, 0.4) is 0 Å². The number of hydrogen-bond acceptors (Lipinski definition) is 4. The van der Waals surface area contributed by atoms with Gasteiger partial charge in [0.2, 0.25) is 0 Å². The fraction of sp³-hybridized carbons (Fsp3) is 0.625. The molecule has 0 saturated carbocycles. The Hall–Kier alpha value is -1.01. The van der Waals surface area contributed by atoms with Gasteiger partial charge in [0.1, 0.15) is 13.2 Å². The largest absolute Gasteiger partial charge is 0.391 e. The molecular weight excluding hydrogens is 204 g/mol. The van der Waals surface area contributed by atoms with Gasteiger partial charge in [-0.05, 0) is 13.8 Å². The Bertz CT molecular complexity index is 285. The van der Waals surface area contributed by atoms with Crippen molar-refractivity contribution in [2.75, 3.05) is 13.2 Å². The molecule has 0 aromatic rings. The van der Waals surface area contributed by atoms with Crippen LogP contribution >= 0.6 is 12.2 Å². The minimum Gasteiger partial charge on any atom is -0.391 e. The Balaban J connectivity index is 2.99. The molecule has 2 N–H and O–H groups in total. The molecule has 1 rings (SSSR count). The van der Waals surface area contributed by atoms with Crippen LogP contribution in [0.4, 0.5) is 0 Å². The first-order valence-corrected chi connectivity index (χ1v) is 4.51. The number of imide groups is 1. The van der Waals surface area contributed by atoms with E-state index in [0.29, 0.717) is 0 Å². The molecule has 1 aliphatic heterocycles. The number of ether oxygens (including phenoxy) is 1. The smallest absolute Gasteiger partial charge is 0.256 e. The molecule has 1 fully saturated rings. The number of nitrogens with zero attached hydrogens (tertiary/aromatic N) is 1. The molecule has 1 saturated heterocycles. The molecule has 1 heterocycles. The van der Waals surface area contributed by atoms with Gasteiger partial charge < -0.3 is 10.5 Å². The fourth-order valence-corrected chi connectivity index (χ4v) is 1.32. The van der Waals surface area contributed by atoms with Gasteiger partial charge in [0, 0.05) is 0 Å². The van der Waals surface area contributed by atoms with Gasteiger partial charge in [0.25, 0.3) is 11.8 Å². The molecule has 0 aliphatic carbocycles. The molecule has 6 heteroatoms. The Morgan fingerprint density at radius 1 is 1.43 bits per heavy atom. The van der Waals surface area contributed by atoms with Crippen LogP contribution in [0.1, 0.15) is 13.8 Å². The summed E-state index contributed by atoms with van der Waals surface area (Å²) in [6.45, 7) is 3.07. The van der Waals surface area contributed by atoms with Crippen LogP contribution in [0, 0.1) is 0 Å². The van der Waals surface area contributed by atoms with Crippen LogP contribution in [-0.4, -0.2) is 40.5 Å². The Labute approximate surface area is 87.2 Å². The van der Waals surface area contributed by atoms with Crippen molar-refractivity contribution in [3.63, 3.8) is 0 Å². The zero-order valence-corrected chi connectivity index (χ0v) is 8.89. The number of rotatable bonds is 2. The Morgan fingerprint density at radius 2 is 1.86 bits per heavy atom. The summed E-state index contributed by atoms with van der Waals surface area (Å²) in [6, 6.07) is 0. The molecule has 0 atom stereocenters. The van der Waals surface area contributed by atoms with Crippen molar-refractivity contribution in [1.82, 2.24) is 4.90 Å². The average molecular weight is 216 g/mol. The van der Waals surface area contributed by atoms with Gasteiger partial charge in [0.05, 0.1) is 10.5 Å². The number of hydrogen-bond donors (Lipinski definition) is 1. The normalized spacial score (nSPS) is 18.6. The molecule has 0 spiro atoms. The lowest BCUT2D eigenvalue weighted by Gasteiger charge is -2.37. The standard InChI is InChI=1S/C8H12N2O3S/c1-8(2,7(9)14)10-5(11)3-13-4-6(10)12/h3-4H2,1-2H3,(H2,9,14). The molecule has 14 heavy (non-hydrogen) atoms. The molecular formula is C8H12N2O3S. The minimum absolute atomic E-state index is 0.0994. The SMILES string of the molecule is CC(C)(C(N)=S)N1C(=O)COCC1=O. The molecule has 5 nitrogen and oxygen atoms in total. The van der Waals surface area contributed by atoms with Crippen molar-refractivity contribution in [1.29, 1.82) is 0 Å². The van der Waals surface area contributed by atoms with Crippen molar-refractivity contribution < 1.29 is 14.3 Å². The molecule has 0 aromatic carbocycles. The number of carbonyl (C=O) groups is 2. The first-order valence-electron chi connectivity index (χ1n) is 4.11. The number of morpholine rings is 1. The second-order valence-corrected chi connectivity index (χ2v) is 3.98. The maximum atomic E-state index is 11.4. The maximum Gasteiger partial charge on any atom is 0.256 e. The van der Waals surface area contributed by atoms with E-state index in [1.165, 1.54) is 0 Å². The van der Waals surface area contributed by atoms with E-state index in [1.54, 1.807) is 13.8 Å². The highest BCUT2D eigenvalue weighted by Crippen LogP contribution is 2.18. The third-order valence-corrected chi connectivity index (χ3v) is 2.61. The maximum absolute atomic E-state index is 11.4. The van der Waals surface area contributed by atoms with Gasteiger partial charge in [-0.2, -0.15) is 0 Å². The Morgan fingerprint density at radius 3 is 2.21 bits per heavy atom. The summed E-state index contributed by atoms with van der Waals surface area (Å²) < 4.78 is 4.77. The highest BCUT2D eigenvalue weighted by molar-refractivity contribution is 7.80. The van der Waals surface area contributed by atoms with E-state index in [-0.39, 0.29) is 18.2 Å². The lowest BCUT2D eigenvalue weighted by Crippen LogP contribution is -2.61. The fourth-order valence-electron chi connectivity index (χ4n) is 1.23. The van der Waals surface area contributed by atoms with Gasteiger partial charge in [-0.25, -0.2) is 0 Å². The monoisotopic (exact) mass is 216 g/mol. The zero-order chi connectivity index (χ0) is 10.9. The number of nitrogens with two attached hydrogens (primary N) is 1. The molecule has 78 valence electrons. The molecule has 0 aromatic heterocycles. The molecule has 0 radical (unpaired) electrons. The minimum atomic E-state index is -0.923. The zero-order valence-electron chi connectivity index (χ0n) is 8.07. The number of carbonyl (C=O) groups excluding carboxylic acids is 2. The van der Waals surface area contributed by atoms with E-state index in [9.17, 15) is 9.59 Å². The third-order valence-electron chi connectivity index (χ3n) is 2.11. The van der Waals surface area contributed by atoms with Gasteiger partial charge in [-0.3, -0.25) is 14.5 Å². The highest BCUT2D eigenvalue weighted by atomic mass is 32.1. The van der Waals surface area contributed by atoms with E-state index >= 15 is 0 Å². The van der Waals surface area contributed by atoms with E-state index in [4.69, 9.17) is 22.7 Å². The van der Waals surface area contributed by atoms with Crippen LogP contribution in [0.5, 0.6) is 0 Å². The van der Waals surface area contributed by atoms with Crippen molar-refractivity contribution in [3.8, 4) is 0 Å². The number of thiocarbonyl (C=S) groups is 1. The van der Waals surface area contributed by atoms with Gasteiger partial charge in [-0.15, -0.1) is 0 Å². The van der Waals surface area contributed by atoms with Gasteiger partial charge in [0.15, 0.2) is 0 Å². The third kappa shape index (κ3) is 1.76. The second-order valence-electron chi connectivity index (χ2n) is 3.54. The van der Waals surface area contributed by atoms with Crippen molar-refractivity contribution in [3.05, 3.63) is 0 Å². The van der Waals surface area contributed by atoms with Gasteiger partial charge >= 0.3 is 0 Å². The van der Waals surface area contributed by atoms with Crippen LogP contribution in [0.15, 0.2) is 0 Å². The quantitative estimate of drug-likeness (QED) is 0.494. The molecule has 2 amide bonds. The lowest BCUT2D eigenvalue weighted by molar-refractivity contribution is -0.162. The number of amides is 2. The first kappa shape index (κ1) is 11.1. The predicted molar refractivity (Wildman–Crippen MR) is 53.5 cm³/mol. The van der Waals surface area contributed by atoms with Crippen LogP contribution in [0.2, 0.25) is 0 Å². The van der Waals surface area contributed by atoms with Crippen LogP contribution in [-0.2, 0) is 14.3 Å². The van der Waals surface area contributed by atoms with E-state index in [1.807, 2.05) is 0 Å². The van der Waals surface area contributed by atoms with Gasteiger partial charge in [-0.1, -0.05) is 12.2 Å². The first-order chi connectivity index (χ1) is 6.37. The highest BCUT2D eigenvalue weighted by Gasteiger charge is 2.40. The summed E-state index contributed by atoms with van der Waals surface area (Å²) in [5, 5.41) is 0. The van der Waals surface area contributed by atoms with E-state index in [2.05, 4.69) is 0 Å². The summed E-state index contributed by atoms with van der Waals surface area (Å²) >= 11 is 4.81. The summed E-state index contributed by atoms with van der Waals surface area (Å²) in [5.41, 5.74) is 4.55. The average Bonchev–Trinajstić information content (AvgIpc) is 2.02. The van der Waals surface area contributed by atoms with E-state index < -0.39 is 17.4 Å². The van der Waals surface area contributed by atoms with Crippen molar-refractivity contribution in [2.24, 2.45) is 5.73 Å². The van der Waals surface area contributed by atoms with E-state index in [0.717, 1.165) is 4.90 Å². The molecule has 0 bridgehead atoms. The summed E-state index contributed by atoms with van der Waals surface area (Å²) in [5.74, 6) is -0.807. The second kappa shape index (κ2) is 3.62. The Kier molecular flexibility index (Phi) is 2.86. The molecule has 1 aliphatic rings. The lowest BCUT2D eigenvalue weighted by atomic mass is 10.0. The summed E-state index contributed by atoms with van der Waals surface area (Å²) in [4.78, 5) is 24.0. The van der Waals surface area contributed by atoms with Crippen molar-refractivity contribution in [2.45, 2.75) is 19.4 Å². The summed E-state index contributed by atoms with van der Waals surface area (Å²) in [6.07, 6.45) is 0. The predicted octanol–water partition coefficient (Wildman–Crippen LogP) is -0.564.